The van der Waals surface area contributed by atoms with Crippen molar-refractivity contribution in [2.45, 2.75) is 25.3 Å². The Kier molecular flexibility index (Phi) is 5.56. The first kappa shape index (κ1) is 19.2. The molecule has 0 bridgehead atoms. The Labute approximate surface area is 175 Å². The van der Waals surface area contributed by atoms with Crippen molar-refractivity contribution < 1.29 is 4.79 Å². The van der Waals surface area contributed by atoms with Crippen molar-refractivity contribution in [3.8, 4) is 0 Å². The highest BCUT2D eigenvalue weighted by Crippen LogP contribution is 2.34. The number of nitrogens with one attached hydrogen (secondary N) is 1. The Bertz CT molecular complexity index is 999. The number of aryl methyl sites for hydroxylation is 1. The molecule has 3 aromatic rings. The zero-order valence-corrected chi connectivity index (χ0v) is 17.7. The molecule has 1 aliphatic heterocycles. The van der Waals surface area contributed by atoms with Crippen molar-refractivity contribution >= 4 is 46.0 Å². The van der Waals surface area contributed by atoms with Crippen molar-refractivity contribution in [2.24, 2.45) is 7.05 Å². The normalized spacial score (nSPS) is 17.1. The minimum atomic E-state index is 0.0887. The van der Waals surface area contributed by atoms with Gasteiger partial charge in [0.2, 0.25) is 0 Å². The van der Waals surface area contributed by atoms with E-state index in [1.807, 2.05) is 47.0 Å². The molecular formula is C22H24ClN3OS. The third-order valence-electron chi connectivity index (χ3n) is 5.51. The summed E-state index contributed by atoms with van der Waals surface area (Å²) >= 11 is 7.73. The number of rotatable bonds is 4. The summed E-state index contributed by atoms with van der Waals surface area (Å²) in [5.74, 6) is 0.0887. The molecule has 146 valence electrons. The Morgan fingerprint density at radius 3 is 2.68 bits per heavy atom. The van der Waals surface area contributed by atoms with E-state index >= 15 is 0 Å². The van der Waals surface area contributed by atoms with Gasteiger partial charge in [0.05, 0.1) is 6.04 Å². The number of nitrogens with zero attached hydrogens (tertiary/aromatic N) is 2. The van der Waals surface area contributed by atoms with Crippen LogP contribution >= 0.6 is 23.5 Å². The maximum absolute atomic E-state index is 13.5. The maximum Gasteiger partial charge on any atom is 0.271 e. The lowest BCUT2D eigenvalue weighted by molar-refractivity contribution is 0.0602. The molecule has 1 unspecified atom stereocenters. The molecule has 0 radical (unpaired) electrons. The number of likely N-dealkylation sites (tertiary alicyclic amines) is 1. The van der Waals surface area contributed by atoms with Gasteiger partial charge >= 0.3 is 0 Å². The maximum atomic E-state index is 13.5. The van der Waals surface area contributed by atoms with Gasteiger partial charge in [-0.15, -0.1) is 0 Å². The SMILES string of the molecule is CSNc1ccc(C2CCCCN2C(=O)c2cc3ccc(Cl)cc3n2C)cc1. The van der Waals surface area contributed by atoms with Gasteiger partial charge in [-0.1, -0.05) is 41.7 Å². The predicted octanol–water partition coefficient (Wildman–Crippen LogP) is 5.89. The molecule has 1 saturated heterocycles. The molecule has 2 heterocycles. The van der Waals surface area contributed by atoms with Crippen LogP contribution in [0, 0.1) is 0 Å². The lowest BCUT2D eigenvalue weighted by atomic mass is 9.94. The van der Waals surface area contributed by atoms with E-state index in [2.05, 4.69) is 29.0 Å². The number of hydrogen-bond donors (Lipinski definition) is 1. The first-order valence-electron chi connectivity index (χ1n) is 9.53. The molecule has 6 heteroatoms. The Hall–Kier alpha value is -2.11. The van der Waals surface area contributed by atoms with Gasteiger partial charge in [0.25, 0.3) is 5.91 Å². The van der Waals surface area contributed by atoms with Crippen LogP contribution in [0.25, 0.3) is 10.9 Å². The number of carbonyl (C=O) groups excluding carboxylic acids is 1. The van der Waals surface area contributed by atoms with Crippen LogP contribution in [0.3, 0.4) is 0 Å². The van der Waals surface area contributed by atoms with Crippen molar-refractivity contribution in [2.75, 3.05) is 17.5 Å². The van der Waals surface area contributed by atoms with Gasteiger partial charge in [0.1, 0.15) is 5.69 Å². The van der Waals surface area contributed by atoms with E-state index in [4.69, 9.17) is 11.6 Å². The zero-order chi connectivity index (χ0) is 19.7. The number of carbonyl (C=O) groups is 1. The molecule has 0 aliphatic carbocycles. The van der Waals surface area contributed by atoms with Gasteiger partial charge in [-0.3, -0.25) is 4.79 Å². The third-order valence-corrected chi connectivity index (χ3v) is 6.18. The van der Waals surface area contributed by atoms with Gasteiger partial charge in [0, 0.05) is 41.5 Å². The summed E-state index contributed by atoms with van der Waals surface area (Å²) in [6, 6.07) is 16.3. The van der Waals surface area contributed by atoms with Crippen LogP contribution < -0.4 is 4.72 Å². The van der Waals surface area contributed by atoms with Crippen LogP contribution in [0.2, 0.25) is 5.02 Å². The van der Waals surface area contributed by atoms with Crippen LogP contribution in [0.4, 0.5) is 5.69 Å². The predicted molar refractivity (Wildman–Crippen MR) is 119 cm³/mol. The third kappa shape index (κ3) is 3.61. The number of halogens is 1. The van der Waals surface area contributed by atoms with Crippen molar-refractivity contribution in [3.05, 3.63) is 64.8 Å². The quantitative estimate of drug-likeness (QED) is 0.542. The van der Waals surface area contributed by atoms with Gasteiger partial charge in [-0.25, -0.2) is 0 Å². The molecule has 28 heavy (non-hydrogen) atoms. The average molecular weight is 414 g/mol. The van der Waals surface area contributed by atoms with Crippen molar-refractivity contribution in [3.63, 3.8) is 0 Å². The van der Waals surface area contributed by atoms with E-state index in [9.17, 15) is 4.79 Å². The molecule has 0 spiro atoms. The Morgan fingerprint density at radius 1 is 1.14 bits per heavy atom. The molecule has 4 nitrogen and oxygen atoms in total. The summed E-state index contributed by atoms with van der Waals surface area (Å²) < 4.78 is 5.21. The van der Waals surface area contributed by atoms with E-state index in [1.165, 1.54) is 5.56 Å². The number of amides is 1. The summed E-state index contributed by atoms with van der Waals surface area (Å²) in [5.41, 5.74) is 3.97. The topological polar surface area (TPSA) is 37.3 Å². The summed E-state index contributed by atoms with van der Waals surface area (Å²) in [6.45, 7) is 0.788. The number of hydrogen-bond acceptors (Lipinski definition) is 3. The standard InChI is InChI=1S/C22H24ClN3OS/c1-25-20-14-17(23)9-6-16(20)13-21(25)22(27)26-12-4-3-5-19(26)15-7-10-18(11-8-15)24-28-2/h6-11,13-14,19,24H,3-5,12H2,1-2H3. The average Bonchev–Trinajstić information content (AvgIpc) is 3.04. The highest BCUT2D eigenvalue weighted by Gasteiger charge is 2.30. The Balaban J connectivity index is 1.66. The van der Waals surface area contributed by atoms with Gasteiger partial charge in [0.15, 0.2) is 0 Å². The van der Waals surface area contributed by atoms with E-state index in [0.29, 0.717) is 10.7 Å². The molecule has 1 fully saturated rings. The highest BCUT2D eigenvalue weighted by atomic mass is 35.5. The first-order chi connectivity index (χ1) is 13.6. The van der Waals surface area contributed by atoms with Crippen molar-refractivity contribution in [1.29, 1.82) is 0 Å². The second kappa shape index (κ2) is 8.10. The molecule has 4 rings (SSSR count). The number of fused-ring (bicyclic) bond motifs is 1. The fourth-order valence-electron chi connectivity index (χ4n) is 4.07. The van der Waals surface area contributed by atoms with E-state index in [1.54, 1.807) is 11.9 Å². The van der Waals surface area contributed by atoms with E-state index in [-0.39, 0.29) is 11.9 Å². The van der Waals surface area contributed by atoms with Crippen LogP contribution in [0.1, 0.15) is 41.4 Å². The minimum absolute atomic E-state index is 0.0887. The highest BCUT2D eigenvalue weighted by molar-refractivity contribution is 7.99. The molecule has 0 saturated carbocycles. The lowest BCUT2D eigenvalue weighted by Crippen LogP contribution is -2.39. The molecular weight excluding hydrogens is 390 g/mol. The molecule has 2 aromatic carbocycles. The van der Waals surface area contributed by atoms with Gasteiger partial charge in [-0.2, -0.15) is 0 Å². The van der Waals surface area contributed by atoms with Crippen LogP contribution in [0.5, 0.6) is 0 Å². The smallest absolute Gasteiger partial charge is 0.271 e. The number of piperidine rings is 1. The minimum Gasteiger partial charge on any atom is -0.340 e. The second-order valence-corrected chi connectivity index (χ2v) is 8.28. The summed E-state index contributed by atoms with van der Waals surface area (Å²) in [7, 11) is 1.94. The fourth-order valence-corrected chi connectivity index (χ4v) is 4.61. The molecule has 1 N–H and O–H groups in total. The van der Waals surface area contributed by atoms with Crippen LogP contribution in [0.15, 0.2) is 48.5 Å². The molecule has 1 aliphatic rings. The summed E-state index contributed by atoms with van der Waals surface area (Å²) in [5, 5.41) is 1.72. The first-order valence-corrected chi connectivity index (χ1v) is 11.1. The Morgan fingerprint density at radius 2 is 1.93 bits per heavy atom. The van der Waals surface area contributed by atoms with E-state index < -0.39 is 0 Å². The van der Waals surface area contributed by atoms with Gasteiger partial charge < -0.3 is 14.2 Å². The van der Waals surface area contributed by atoms with Crippen LogP contribution in [-0.2, 0) is 7.05 Å². The number of aromatic nitrogens is 1. The lowest BCUT2D eigenvalue weighted by Gasteiger charge is -2.36. The molecule has 1 aromatic heterocycles. The van der Waals surface area contributed by atoms with Crippen LogP contribution in [-0.4, -0.2) is 28.2 Å². The molecule has 1 amide bonds. The monoisotopic (exact) mass is 413 g/mol. The largest absolute Gasteiger partial charge is 0.340 e. The summed E-state index contributed by atoms with van der Waals surface area (Å²) in [6.07, 6.45) is 5.19. The summed E-state index contributed by atoms with van der Waals surface area (Å²) in [4.78, 5) is 15.5. The molecule has 1 atom stereocenters. The number of benzene rings is 2. The van der Waals surface area contributed by atoms with E-state index in [0.717, 1.165) is 42.4 Å². The number of anilines is 1. The zero-order valence-electron chi connectivity index (χ0n) is 16.1. The van der Waals surface area contributed by atoms with Crippen molar-refractivity contribution in [1.82, 2.24) is 9.47 Å². The van der Waals surface area contributed by atoms with Gasteiger partial charge in [-0.05, 0) is 55.2 Å². The fraction of sp³-hybridized carbons (Fsp3) is 0.318. The second-order valence-electron chi connectivity index (χ2n) is 7.23.